The van der Waals surface area contributed by atoms with E-state index in [1.54, 1.807) is 32.5 Å². The zero-order valence-corrected chi connectivity index (χ0v) is 18.6. The molecule has 0 bridgehead atoms. The number of ether oxygens (including phenoxy) is 2. The van der Waals surface area contributed by atoms with Gasteiger partial charge in [0.1, 0.15) is 23.1 Å². The van der Waals surface area contributed by atoms with Crippen molar-refractivity contribution in [3.05, 3.63) is 28.9 Å². The number of halogens is 1. The van der Waals surface area contributed by atoms with Gasteiger partial charge in [0, 0.05) is 35.7 Å². The number of nitrogen functional groups attached to an aromatic ring is 1. The molecular weight excluding hydrogens is 416 g/mol. The minimum Gasteiger partial charge on any atom is -0.496 e. The van der Waals surface area contributed by atoms with Gasteiger partial charge < -0.3 is 20.1 Å². The molecule has 1 aromatic carbocycles. The highest BCUT2D eigenvalue weighted by Gasteiger charge is 2.35. The Kier molecular flexibility index (Phi) is 5.23. The van der Waals surface area contributed by atoms with Gasteiger partial charge in [-0.2, -0.15) is 5.26 Å². The Morgan fingerprint density at radius 2 is 1.97 bits per heavy atom. The lowest BCUT2D eigenvalue weighted by atomic mass is 9.92. The summed E-state index contributed by atoms with van der Waals surface area (Å²) in [5.74, 6) is 2.60. The highest BCUT2D eigenvalue weighted by atomic mass is 35.5. The van der Waals surface area contributed by atoms with Gasteiger partial charge in [-0.05, 0) is 26.3 Å². The fraction of sp³-hybridized carbons (Fsp3) is 0.364. The van der Waals surface area contributed by atoms with Crippen LogP contribution in [0, 0.1) is 23.7 Å². The van der Waals surface area contributed by atoms with E-state index >= 15 is 0 Å². The molecule has 3 aromatic rings. The van der Waals surface area contributed by atoms with Crippen LogP contribution in [-0.4, -0.2) is 42.3 Å². The van der Waals surface area contributed by atoms with E-state index < -0.39 is 5.41 Å². The van der Waals surface area contributed by atoms with E-state index in [0.717, 1.165) is 17.4 Å². The predicted molar refractivity (Wildman–Crippen MR) is 121 cm³/mol. The molecule has 3 heterocycles. The predicted octanol–water partition coefficient (Wildman–Crippen LogP) is 3.99. The highest BCUT2D eigenvalue weighted by Crippen LogP contribution is 2.43. The monoisotopic (exact) mass is 438 g/mol. The molecule has 31 heavy (non-hydrogen) atoms. The fourth-order valence-corrected chi connectivity index (χ4v) is 4.30. The summed E-state index contributed by atoms with van der Waals surface area (Å²) in [6.07, 6.45) is 2.37. The van der Waals surface area contributed by atoms with E-state index in [2.05, 4.69) is 16.0 Å². The third-order valence-electron chi connectivity index (χ3n) is 5.73. The summed E-state index contributed by atoms with van der Waals surface area (Å²) in [5, 5.41) is 10.8. The van der Waals surface area contributed by atoms with Crippen molar-refractivity contribution in [2.45, 2.75) is 20.3 Å². The number of nitrogens with two attached hydrogens (primary N) is 1. The first-order valence-electron chi connectivity index (χ1n) is 9.81. The number of aromatic nitrogens is 3. The van der Waals surface area contributed by atoms with E-state index in [4.69, 9.17) is 36.8 Å². The van der Waals surface area contributed by atoms with E-state index in [0.29, 0.717) is 58.2 Å². The molecule has 4 rings (SSSR count). The molecule has 0 amide bonds. The summed E-state index contributed by atoms with van der Waals surface area (Å²) in [6.45, 7) is 5.12. The Labute approximate surface area is 185 Å². The third-order valence-corrected chi connectivity index (χ3v) is 6.11. The zero-order chi connectivity index (χ0) is 22.3. The molecule has 0 saturated carbocycles. The number of rotatable bonds is 4. The Hall–Kier alpha value is -3.31. The van der Waals surface area contributed by atoms with Crippen LogP contribution < -0.4 is 20.1 Å². The second-order valence-corrected chi connectivity index (χ2v) is 8.31. The summed E-state index contributed by atoms with van der Waals surface area (Å²) in [4.78, 5) is 15.9. The van der Waals surface area contributed by atoms with Gasteiger partial charge in [0.15, 0.2) is 5.82 Å². The van der Waals surface area contributed by atoms with Crippen molar-refractivity contribution >= 4 is 34.1 Å². The lowest BCUT2D eigenvalue weighted by Crippen LogP contribution is -2.25. The molecule has 2 N–H and O–H groups in total. The maximum absolute atomic E-state index is 9.58. The molecule has 2 aromatic heterocycles. The molecule has 1 aliphatic rings. The molecule has 1 unspecified atom stereocenters. The first-order valence-corrected chi connectivity index (χ1v) is 10.2. The summed E-state index contributed by atoms with van der Waals surface area (Å²) in [5.41, 5.74) is 7.57. The number of anilines is 2. The fourth-order valence-electron chi connectivity index (χ4n) is 3.95. The van der Waals surface area contributed by atoms with Crippen LogP contribution in [0.5, 0.6) is 11.5 Å². The Bertz CT molecular complexity index is 1200. The summed E-state index contributed by atoms with van der Waals surface area (Å²) in [7, 11) is 3.14. The average molecular weight is 439 g/mol. The van der Waals surface area contributed by atoms with Gasteiger partial charge in [-0.25, -0.2) is 15.0 Å². The van der Waals surface area contributed by atoms with Crippen LogP contribution in [0.4, 0.5) is 11.6 Å². The SMILES string of the molecule is COc1cc(OC)c(Cl)c(-c2nc(N3CCC(C)(C#N)C3)c3cc(N)ncc3n2)c1C. The molecular formula is C22H23ClN6O2. The molecule has 0 aliphatic carbocycles. The minimum atomic E-state index is -0.442. The quantitative estimate of drug-likeness (QED) is 0.650. The first kappa shape index (κ1) is 20.9. The van der Waals surface area contributed by atoms with E-state index in [9.17, 15) is 5.26 Å². The number of nitrogens with zero attached hydrogens (tertiary/aromatic N) is 5. The van der Waals surface area contributed by atoms with Crippen LogP contribution in [0.25, 0.3) is 22.3 Å². The molecule has 8 nitrogen and oxygen atoms in total. The maximum atomic E-state index is 9.58. The largest absolute Gasteiger partial charge is 0.496 e. The van der Waals surface area contributed by atoms with Crippen LogP contribution in [0.15, 0.2) is 18.3 Å². The van der Waals surface area contributed by atoms with Gasteiger partial charge in [-0.1, -0.05) is 11.6 Å². The normalized spacial score (nSPS) is 18.3. The van der Waals surface area contributed by atoms with Crippen LogP contribution in [-0.2, 0) is 0 Å². The standard InChI is InChI=1S/C22H23ClN6O2/c1-12-15(30-3)8-16(31-4)19(23)18(12)20-27-14-9-26-17(25)7-13(14)21(28-20)29-6-5-22(2,10-24)11-29/h7-9H,5-6,11H2,1-4H3,(H2,25,26). The number of benzene rings is 1. The van der Waals surface area contributed by atoms with Gasteiger partial charge in [0.05, 0.1) is 42.4 Å². The molecule has 1 atom stereocenters. The number of hydrogen-bond acceptors (Lipinski definition) is 8. The number of pyridine rings is 1. The Balaban J connectivity index is 1.98. The van der Waals surface area contributed by atoms with E-state index in [1.165, 1.54) is 0 Å². The van der Waals surface area contributed by atoms with Crippen LogP contribution in [0.2, 0.25) is 5.02 Å². The number of nitriles is 1. The lowest BCUT2D eigenvalue weighted by Gasteiger charge is -2.22. The lowest BCUT2D eigenvalue weighted by molar-refractivity contribution is 0.393. The maximum Gasteiger partial charge on any atom is 0.164 e. The van der Waals surface area contributed by atoms with Gasteiger partial charge >= 0.3 is 0 Å². The molecule has 1 aliphatic heterocycles. The minimum absolute atomic E-state index is 0.379. The Morgan fingerprint density at radius 3 is 2.61 bits per heavy atom. The second kappa shape index (κ2) is 7.75. The van der Waals surface area contributed by atoms with Crippen molar-refractivity contribution in [1.29, 1.82) is 5.26 Å². The zero-order valence-electron chi connectivity index (χ0n) is 17.9. The molecule has 160 valence electrons. The van der Waals surface area contributed by atoms with Crippen molar-refractivity contribution in [3.8, 4) is 29.0 Å². The van der Waals surface area contributed by atoms with Gasteiger partial charge in [0.25, 0.3) is 0 Å². The summed E-state index contributed by atoms with van der Waals surface area (Å²) >= 11 is 6.68. The second-order valence-electron chi connectivity index (χ2n) is 7.94. The Morgan fingerprint density at radius 1 is 1.23 bits per heavy atom. The van der Waals surface area contributed by atoms with E-state index in [-0.39, 0.29) is 0 Å². The molecule has 1 fully saturated rings. The smallest absolute Gasteiger partial charge is 0.164 e. The summed E-state index contributed by atoms with van der Waals surface area (Å²) in [6, 6.07) is 5.92. The topological polar surface area (TPSA) is 110 Å². The molecule has 0 spiro atoms. The van der Waals surface area contributed by atoms with Gasteiger partial charge in [-0.15, -0.1) is 0 Å². The molecule has 0 radical (unpaired) electrons. The van der Waals surface area contributed by atoms with E-state index in [1.807, 2.05) is 13.8 Å². The third kappa shape index (κ3) is 3.55. The van der Waals surface area contributed by atoms with Crippen LogP contribution >= 0.6 is 11.6 Å². The number of methoxy groups -OCH3 is 2. The van der Waals surface area contributed by atoms with Crippen molar-refractivity contribution in [3.63, 3.8) is 0 Å². The van der Waals surface area contributed by atoms with Gasteiger partial charge in [0.2, 0.25) is 0 Å². The van der Waals surface area contributed by atoms with Crippen LogP contribution in [0.3, 0.4) is 0 Å². The number of fused-ring (bicyclic) bond motifs is 1. The molecule has 9 heteroatoms. The molecule has 1 saturated heterocycles. The first-order chi connectivity index (χ1) is 14.8. The van der Waals surface area contributed by atoms with Crippen molar-refractivity contribution < 1.29 is 9.47 Å². The van der Waals surface area contributed by atoms with Crippen LogP contribution in [0.1, 0.15) is 18.9 Å². The van der Waals surface area contributed by atoms with Crippen molar-refractivity contribution in [2.24, 2.45) is 5.41 Å². The highest BCUT2D eigenvalue weighted by molar-refractivity contribution is 6.35. The van der Waals surface area contributed by atoms with Crippen molar-refractivity contribution in [2.75, 3.05) is 37.9 Å². The number of hydrogen-bond donors (Lipinski definition) is 1. The van der Waals surface area contributed by atoms with Crippen molar-refractivity contribution in [1.82, 2.24) is 15.0 Å². The van der Waals surface area contributed by atoms with Gasteiger partial charge in [-0.3, -0.25) is 0 Å². The summed E-state index contributed by atoms with van der Waals surface area (Å²) < 4.78 is 10.9. The average Bonchev–Trinajstić information content (AvgIpc) is 3.16.